The van der Waals surface area contributed by atoms with E-state index in [-0.39, 0.29) is 17.1 Å². The quantitative estimate of drug-likeness (QED) is 0.909. The Bertz CT molecular complexity index is 466. The first-order valence-electron chi connectivity index (χ1n) is 7.36. The average Bonchev–Trinajstić information content (AvgIpc) is 2.65. The first-order chi connectivity index (χ1) is 8.95. The molecule has 0 amide bonds. The minimum Gasteiger partial charge on any atom is -0.388 e. The fraction of sp³-hybridized carbons (Fsp3) is 0.750. The molecule has 0 aromatic carbocycles. The van der Waals surface area contributed by atoms with Crippen LogP contribution < -0.4 is 0 Å². The van der Waals surface area contributed by atoms with Crippen molar-refractivity contribution >= 4 is 0 Å². The number of ether oxygens (including phenoxy) is 1. The number of hydrogen-bond acceptors (Lipinski definition) is 2. The second kappa shape index (κ2) is 4.35. The Hall–Kier alpha value is -0.800. The number of rotatable bonds is 3. The zero-order chi connectivity index (χ0) is 13.7. The molecule has 3 nitrogen and oxygen atoms in total. The van der Waals surface area contributed by atoms with Crippen molar-refractivity contribution in [3.8, 4) is 0 Å². The Morgan fingerprint density at radius 1 is 1.42 bits per heavy atom. The van der Waals surface area contributed by atoms with Crippen molar-refractivity contribution in [2.24, 2.45) is 5.41 Å². The molecule has 1 N–H and O–H groups in total. The largest absolute Gasteiger partial charge is 0.388 e. The molecule has 2 aliphatic carbocycles. The maximum absolute atomic E-state index is 10.3. The molecule has 2 aliphatic rings. The van der Waals surface area contributed by atoms with Crippen LogP contribution in [0.4, 0.5) is 0 Å². The van der Waals surface area contributed by atoms with Crippen LogP contribution in [0.2, 0.25) is 0 Å². The molecule has 19 heavy (non-hydrogen) atoms. The Balaban J connectivity index is 1.88. The van der Waals surface area contributed by atoms with Gasteiger partial charge in [0.05, 0.1) is 18.2 Å². The third-order valence-electron chi connectivity index (χ3n) is 5.02. The molecule has 1 atom stereocenters. The van der Waals surface area contributed by atoms with Crippen molar-refractivity contribution < 1.29 is 9.84 Å². The van der Waals surface area contributed by atoms with E-state index in [1.54, 1.807) is 0 Å². The predicted octanol–water partition coefficient (Wildman–Crippen LogP) is 3.06. The summed E-state index contributed by atoms with van der Waals surface area (Å²) in [6.07, 6.45) is 7.32. The number of methoxy groups -OCH3 is 1. The maximum atomic E-state index is 10.3. The van der Waals surface area contributed by atoms with Gasteiger partial charge < -0.3 is 14.4 Å². The van der Waals surface area contributed by atoms with Gasteiger partial charge in [0.2, 0.25) is 0 Å². The lowest BCUT2D eigenvalue weighted by molar-refractivity contribution is -0.0842. The molecular weight excluding hydrogens is 238 g/mol. The molecule has 1 fully saturated rings. The van der Waals surface area contributed by atoms with Crippen molar-refractivity contribution in [2.75, 3.05) is 7.11 Å². The maximum Gasteiger partial charge on any atom is 0.0856 e. The summed E-state index contributed by atoms with van der Waals surface area (Å²) >= 11 is 0. The van der Waals surface area contributed by atoms with E-state index >= 15 is 0 Å². The van der Waals surface area contributed by atoms with Gasteiger partial charge in [0.15, 0.2) is 0 Å². The summed E-state index contributed by atoms with van der Waals surface area (Å²) in [4.78, 5) is 0. The molecule has 3 heteroatoms. The standard InChI is InChI=1S/C16H25NO2/c1-15(2)9-13-12(14(18)10-15)5-8-17(13)11-16(19-3)6-4-7-16/h5,8,14,18H,4,6-7,9-11H2,1-3H3. The van der Waals surface area contributed by atoms with Gasteiger partial charge in [0, 0.05) is 24.6 Å². The Labute approximate surface area is 115 Å². The lowest BCUT2D eigenvalue weighted by atomic mass is 9.75. The van der Waals surface area contributed by atoms with Gasteiger partial charge >= 0.3 is 0 Å². The van der Waals surface area contributed by atoms with Gasteiger partial charge in [-0.25, -0.2) is 0 Å². The second-order valence-electron chi connectivity index (χ2n) is 7.15. The topological polar surface area (TPSA) is 34.4 Å². The van der Waals surface area contributed by atoms with Gasteiger partial charge in [-0.2, -0.15) is 0 Å². The molecule has 0 saturated heterocycles. The summed E-state index contributed by atoms with van der Waals surface area (Å²) < 4.78 is 8.06. The van der Waals surface area contributed by atoms with E-state index in [0.717, 1.165) is 37.8 Å². The highest BCUT2D eigenvalue weighted by Gasteiger charge is 2.39. The van der Waals surface area contributed by atoms with Crippen LogP contribution in [-0.2, 0) is 17.7 Å². The molecule has 1 heterocycles. The zero-order valence-electron chi connectivity index (χ0n) is 12.3. The number of aliphatic hydroxyl groups is 1. The van der Waals surface area contributed by atoms with Gasteiger partial charge in [-0.05, 0) is 43.6 Å². The van der Waals surface area contributed by atoms with Crippen LogP contribution in [0.5, 0.6) is 0 Å². The highest BCUT2D eigenvalue weighted by molar-refractivity contribution is 5.29. The molecule has 1 aromatic heterocycles. The Morgan fingerprint density at radius 2 is 2.16 bits per heavy atom. The first-order valence-corrected chi connectivity index (χ1v) is 7.36. The van der Waals surface area contributed by atoms with Crippen LogP contribution >= 0.6 is 0 Å². The van der Waals surface area contributed by atoms with Crippen molar-refractivity contribution in [3.63, 3.8) is 0 Å². The van der Waals surface area contributed by atoms with Gasteiger partial charge in [0.1, 0.15) is 0 Å². The van der Waals surface area contributed by atoms with Gasteiger partial charge in [-0.1, -0.05) is 13.8 Å². The molecule has 0 radical (unpaired) electrons. The summed E-state index contributed by atoms with van der Waals surface area (Å²) in [5, 5.41) is 10.3. The van der Waals surface area contributed by atoms with Crippen molar-refractivity contribution in [1.29, 1.82) is 0 Å². The van der Waals surface area contributed by atoms with E-state index in [1.807, 2.05) is 7.11 Å². The normalized spacial score (nSPS) is 27.7. The van der Waals surface area contributed by atoms with Crippen LogP contribution in [0.15, 0.2) is 12.3 Å². The number of aromatic nitrogens is 1. The lowest BCUT2D eigenvalue weighted by Gasteiger charge is -2.42. The number of hydrogen-bond donors (Lipinski definition) is 1. The second-order valence-corrected chi connectivity index (χ2v) is 7.15. The SMILES string of the molecule is COC1(Cn2ccc3c2CC(C)(C)CC3O)CCC1. The Morgan fingerprint density at radius 3 is 2.74 bits per heavy atom. The molecule has 3 rings (SSSR count). The van der Waals surface area contributed by atoms with Gasteiger partial charge in [0.25, 0.3) is 0 Å². The fourth-order valence-electron chi connectivity index (χ4n) is 3.64. The summed E-state index contributed by atoms with van der Waals surface area (Å²) in [5.41, 5.74) is 2.67. The summed E-state index contributed by atoms with van der Waals surface area (Å²) in [7, 11) is 1.83. The first kappa shape index (κ1) is 13.2. The summed E-state index contributed by atoms with van der Waals surface area (Å²) in [5.74, 6) is 0. The minimum absolute atomic E-state index is 0.0410. The van der Waals surface area contributed by atoms with Crippen molar-refractivity contribution in [2.45, 2.75) is 64.2 Å². The van der Waals surface area contributed by atoms with E-state index < -0.39 is 0 Å². The van der Waals surface area contributed by atoms with E-state index in [0.29, 0.717) is 0 Å². The minimum atomic E-state index is -0.306. The third kappa shape index (κ3) is 2.23. The van der Waals surface area contributed by atoms with Crippen LogP contribution in [0.3, 0.4) is 0 Å². The van der Waals surface area contributed by atoms with Crippen LogP contribution in [0.25, 0.3) is 0 Å². The molecule has 0 spiro atoms. The predicted molar refractivity (Wildman–Crippen MR) is 75.1 cm³/mol. The van der Waals surface area contributed by atoms with Gasteiger partial charge in [-0.3, -0.25) is 0 Å². The molecule has 1 saturated carbocycles. The molecule has 0 aliphatic heterocycles. The van der Waals surface area contributed by atoms with Crippen LogP contribution in [0.1, 0.15) is 56.9 Å². The van der Waals surface area contributed by atoms with E-state index in [1.165, 1.54) is 12.1 Å². The fourth-order valence-corrected chi connectivity index (χ4v) is 3.64. The van der Waals surface area contributed by atoms with Crippen molar-refractivity contribution in [3.05, 3.63) is 23.5 Å². The molecule has 0 bridgehead atoms. The molecule has 1 unspecified atom stereocenters. The van der Waals surface area contributed by atoms with Crippen molar-refractivity contribution in [1.82, 2.24) is 4.57 Å². The average molecular weight is 263 g/mol. The lowest BCUT2D eigenvalue weighted by Crippen LogP contribution is -2.43. The van der Waals surface area contributed by atoms with E-state index in [4.69, 9.17) is 4.74 Å². The molecule has 106 valence electrons. The smallest absolute Gasteiger partial charge is 0.0856 e. The van der Waals surface area contributed by atoms with E-state index in [2.05, 4.69) is 30.7 Å². The third-order valence-corrected chi connectivity index (χ3v) is 5.02. The summed E-state index contributed by atoms with van der Waals surface area (Å²) in [6, 6.07) is 2.09. The molecule has 1 aromatic rings. The highest BCUT2D eigenvalue weighted by atomic mass is 16.5. The van der Waals surface area contributed by atoms with Crippen LogP contribution in [-0.4, -0.2) is 22.4 Å². The van der Waals surface area contributed by atoms with Gasteiger partial charge in [-0.15, -0.1) is 0 Å². The number of fused-ring (bicyclic) bond motifs is 1. The van der Waals surface area contributed by atoms with Crippen LogP contribution in [0, 0.1) is 5.41 Å². The molecular formula is C16H25NO2. The monoisotopic (exact) mass is 263 g/mol. The zero-order valence-corrected chi connectivity index (χ0v) is 12.3. The Kier molecular flexibility index (Phi) is 3.02. The number of aliphatic hydroxyl groups excluding tert-OH is 1. The van der Waals surface area contributed by atoms with E-state index in [9.17, 15) is 5.11 Å². The number of nitrogens with zero attached hydrogens (tertiary/aromatic N) is 1. The summed E-state index contributed by atoms with van der Waals surface area (Å²) in [6.45, 7) is 5.42. The highest BCUT2D eigenvalue weighted by Crippen LogP contribution is 2.43.